The first-order valence-corrected chi connectivity index (χ1v) is 13.2. The first-order chi connectivity index (χ1) is 15.1. The lowest BCUT2D eigenvalue weighted by Gasteiger charge is -2.51. The molecule has 1 saturated carbocycles. The molecular weight excluding hydrogens is 462 g/mol. The summed E-state index contributed by atoms with van der Waals surface area (Å²) in [5.74, 6) is 0.282. The third kappa shape index (κ3) is 3.86. The summed E-state index contributed by atoms with van der Waals surface area (Å²) in [6, 6.07) is 5.06. The van der Waals surface area contributed by atoms with Gasteiger partial charge in [-0.15, -0.1) is 0 Å². The number of sulfone groups is 1. The zero-order valence-electron chi connectivity index (χ0n) is 20.0. The fraction of sp³-hybridized carbons (Fsp3) is 0.565. The number of rotatable bonds is 6. The summed E-state index contributed by atoms with van der Waals surface area (Å²) in [5, 5.41) is 25.3. The molecule has 1 fully saturated rings. The fourth-order valence-corrected chi connectivity index (χ4v) is 7.52. The average molecular weight is 494 g/mol. The van der Waals surface area contributed by atoms with E-state index in [4.69, 9.17) is 4.74 Å². The Hall–Kier alpha value is -2.01. The maximum Gasteiger partial charge on any atom is 0.213 e. The zero-order valence-corrected chi connectivity index (χ0v) is 21.6. The number of aliphatic hydroxyl groups is 2. The minimum Gasteiger partial charge on any atom is -0.495 e. The molecule has 0 radical (unpaired) electrons. The fourth-order valence-electron chi connectivity index (χ4n) is 4.32. The van der Waals surface area contributed by atoms with Crippen molar-refractivity contribution in [1.29, 1.82) is 0 Å². The van der Waals surface area contributed by atoms with Crippen molar-refractivity contribution in [3.05, 3.63) is 28.9 Å². The third-order valence-corrected chi connectivity index (χ3v) is 10.3. The maximum atomic E-state index is 13.6. The van der Waals surface area contributed by atoms with Crippen LogP contribution in [0.5, 0.6) is 5.75 Å². The molecule has 1 aliphatic carbocycles. The lowest BCUT2D eigenvalue weighted by atomic mass is 9.61. The summed E-state index contributed by atoms with van der Waals surface area (Å²) in [4.78, 5) is 5.31. The number of benzene rings is 1. The number of ether oxygens (including phenoxy) is 1. The van der Waals surface area contributed by atoms with Crippen LogP contribution in [-0.2, 0) is 15.4 Å². The van der Waals surface area contributed by atoms with Crippen LogP contribution >= 0.6 is 11.3 Å². The SMILES string of the molecule is COc1ccc(-c2c(C)nc3sc(C(C)(C)O)nn23)cc1S(=O)(=O)C1CC(C)(C(C)(C)O)C1. The highest BCUT2D eigenvalue weighted by atomic mass is 32.2. The molecule has 1 aliphatic rings. The summed E-state index contributed by atoms with van der Waals surface area (Å²) in [5.41, 5.74) is -0.501. The maximum absolute atomic E-state index is 13.6. The second kappa shape index (κ2) is 7.49. The molecule has 2 aromatic heterocycles. The molecule has 0 aliphatic heterocycles. The smallest absolute Gasteiger partial charge is 0.213 e. The molecule has 0 spiro atoms. The lowest BCUT2D eigenvalue weighted by molar-refractivity contribution is -0.0881. The summed E-state index contributed by atoms with van der Waals surface area (Å²) in [7, 11) is -2.25. The Morgan fingerprint density at radius 2 is 1.85 bits per heavy atom. The Kier molecular flexibility index (Phi) is 5.48. The number of hydrogen-bond donors (Lipinski definition) is 2. The van der Waals surface area contributed by atoms with Gasteiger partial charge in [0.25, 0.3) is 0 Å². The summed E-state index contributed by atoms with van der Waals surface area (Å²) >= 11 is 1.30. The number of aryl methyl sites for hydroxylation is 1. The molecule has 0 saturated heterocycles. The van der Waals surface area contributed by atoms with E-state index in [1.165, 1.54) is 18.4 Å². The summed E-state index contributed by atoms with van der Waals surface area (Å²) in [6.07, 6.45) is 0.756. The van der Waals surface area contributed by atoms with Crippen LogP contribution in [0.3, 0.4) is 0 Å². The molecule has 33 heavy (non-hydrogen) atoms. The molecule has 0 unspecified atom stereocenters. The molecule has 3 aromatic rings. The van der Waals surface area contributed by atoms with Crippen LogP contribution in [0.4, 0.5) is 0 Å². The van der Waals surface area contributed by atoms with E-state index in [2.05, 4.69) is 10.1 Å². The number of imidazole rings is 1. The van der Waals surface area contributed by atoms with Gasteiger partial charge in [-0.1, -0.05) is 18.3 Å². The van der Waals surface area contributed by atoms with Crippen LogP contribution in [0.2, 0.25) is 0 Å². The minimum absolute atomic E-state index is 0.123. The van der Waals surface area contributed by atoms with E-state index in [-0.39, 0.29) is 10.6 Å². The third-order valence-electron chi connectivity index (χ3n) is 6.92. The molecular formula is C23H31N3O5S2. The topological polar surface area (TPSA) is 114 Å². The van der Waals surface area contributed by atoms with E-state index in [0.717, 1.165) is 0 Å². The molecule has 0 atom stereocenters. The molecule has 0 bridgehead atoms. The van der Waals surface area contributed by atoms with Gasteiger partial charge < -0.3 is 14.9 Å². The first-order valence-electron chi connectivity index (χ1n) is 10.8. The predicted octanol–water partition coefficient (Wildman–Crippen LogP) is 3.72. The van der Waals surface area contributed by atoms with Gasteiger partial charge in [0.05, 0.1) is 29.3 Å². The van der Waals surface area contributed by atoms with Crippen LogP contribution in [0.25, 0.3) is 16.2 Å². The zero-order chi connectivity index (χ0) is 24.6. The standard InChI is InChI=1S/C23H31N3O5S2/c1-13-18(26-20(24-13)32-19(25-26)21(2,3)27)14-8-9-16(31-7)17(10-14)33(29,30)15-11-23(6,12-15)22(4,5)28/h8-10,15,27-28H,11-12H2,1-7H3. The highest BCUT2D eigenvalue weighted by molar-refractivity contribution is 7.92. The molecule has 10 heteroatoms. The molecule has 2 N–H and O–H groups in total. The van der Waals surface area contributed by atoms with Gasteiger partial charge >= 0.3 is 0 Å². The quantitative estimate of drug-likeness (QED) is 0.538. The van der Waals surface area contributed by atoms with Crippen LogP contribution in [0.1, 0.15) is 58.2 Å². The summed E-state index contributed by atoms with van der Waals surface area (Å²) < 4.78 is 34.2. The Balaban J connectivity index is 1.79. The highest BCUT2D eigenvalue weighted by Crippen LogP contribution is 2.53. The van der Waals surface area contributed by atoms with Crippen molar-refractivity contribution in [3.8, 4) is 17.0 Å². The first kappa shape index (κ1) is 24.1. The second-order valence-electron chi connectivity index (χ2n) is 10.3. The van der Waals surface area contributed by atoms with E-state index in [0.29, 0.717) is 39.8 Å². The number of hydrogen-bond acceptors (Lipinski definition) is 8. The normalized spacial score (nSPS) is 21.9. The number of nitrogens with zero attached hydrogens (tertiary/aromatic N) is 3. The van der Waals surface area contributed by atoms with Gasteiger partial charge in [-0.05, 0) is 71.1 Å². The number of aromatic nitrogens is 3. The Labute approximate surface area is 198 Å². The molecule has 8 nitrogen and oxygen atoms in total. The van der Waals surface area contributed by atoms with E-state index in [1.54, 1.807) is 50.4 Å². The molecule has 180 valence electrons. The minimum atomic E-state index is -3.70. The highest BCUT2D eigenvalue weighted by Gasteiger charge is 2.54. The van der Waals surface area contributed by atoms with Gasteiger partial charge in [0, 0.05) is 5.56 Å². The van der Waals surface area contributed by atoms with Gasteiger partial charge in [0.2, 0.25) is 4.96 Å². The van der Waals surface area contributed by atoms with E-state index >= 15 is 0 Å². The van der Waals surface area contributed by atoms with Crippen molar-refractivity contribution < 1.29 is 23.4 Å². The number of methoxy groups -OCH3 is 1. The average Bonchev–Trinajstić information content (AvgIpc) is 3.20. The van der Waals surface area contributed by atoms with Gasteiger partial charge in [0.15, 0.2) is 9.84 Å². The van der Waals surface area contributed by atoms with Crippen molar-refractivity contribution in [2.24, 2.45) is 5.41 Å². The van der Waals surface area contributed by atoms with Crippen molar-refractivity contribution in [2.45, 2.75) is 75.7 Å². The van der Waals surface area contributed by atoms with Crippen molar-refractivity contribution in [2.75, 3.05) is 7.11 Å². The van der Waals surface area contributed by atoms with Gasteiger partial charge in [-0.2, -0.15) is 5.10 Å². The Bertz CT molecular complexity index is 1320. The van der Waals surface area contributed by atoms with Crippen LogP contribution < -0.4 is 4.74 Å². The van der Waals surface area contributed by atoms with Crippen LogP contribution in [-0.4, -0.2) is 51.2 Å². The monoisotopic (exact) mass is 493 g/mol. The van der Waals surface area contributed by atoms with E-state index in [1.807, 2.05) is 13.8 Å². The predicted molar refractivity (Wildman–Crippen MR) is 127 cm³/mol. The van der Waals surface area contributed by atoms with Crippen molar-refractivity contribution >= 4 is 26.1 Å². The van der Waals surface area contributed by atoms with Gasteiger partial charge in [-0.3, -0.25) is 0 Å². The summed E-state index contributed by atoms with van der Waals surface area (Å²) in [6.45, 7) is 10.5. The molecule has 4 rings (SSSR count). The lowest BCUT2D eigenvalue weighted by Crippen LogP contribution is -2.54. The molecule has 2 heterocycles. The van der Waals surface area contributed by atoms with Gasteiger partial charge in [0.1, 0.15) is 21.3 Å². The van der Waals surface area contributed by atoms with Gasteiger partial charge in [-0.25, -0.2) is 17.9 Å². The van der Waals surface area contributed by atoms with Crippen molar-refractivity contribution in [1.82, 2.24) is 14.6 Å². The number of fused-ring (bicyclic) bond motifs is 1. The largest absolute Gasteiger partial charge is 0.495 e. The Morgan fingerprint density at radius 3 is 2.39 bits per heavy atom. The van der Waals surface area contributed by atoms with Crippen LogP contribution in [0, 0.1) is 12.3 Å². The van der Waals surface area contributed by atoms with E-state index in [9.17, 15) is 18.6 Å². The van der Waals surface area contributed by atoms with E-state index < -0.39 is 31.7 Å². The molecule has 0 amide bonds. The Morgan fingerprint density at radius 1 is 1.21 bits per heavy atom. The van der Waals surface area contributed by atoms with Crippen molar-refractivity contribution in [3.63, 3.8) is 0 Å². The second-order valence-corrected chi connectivity index (χ2v) is 13.4. The van der Waals surface area contributed by atoms with Crippen LogP contribution in [0.15, 0.2) is 23.1 Å². The molecule has 1 aromatic carbocycles.